The molecule has 32 heavy (non-hydrogen) atoms. The first-order chi connectivity index (χ1) is 15.3. The summed E-state index contributed by atoms with van der Waals surface area (Å²) >= 11 is 0. The summed E-state index contributed by atoms with van der Waals surface area (Å²) in [5.41, 5.74) is 3.95. The van der Waals surface area contributed by atoms with Crippen molar-refractivity contribution in [3.63, 3.8) is 0 Å². The fraction of sp³-hybridized carbons (Fsp3) is 0.897. The Morgan fingerprint density at radius 2 is 1.81 bits per heavy atom. The Morgan fingerprint density at radius 3 is 2.66 bits per heavy atom. The van der Waals surface area contributed by atoms with Crippen LogP contribution in [0.3, 0.4) is 0 Å². The summed E-state index contributed by atoms with van der Waals surface area (Å²) < 4.78 is 7.08. The Morgan fingerprint density at radius 1 is 1.00 bits per heavy atom. The second-order valence-corrected chi connectivity index (χ2v) is 13.3. The molecule has 0 aromatic carbocycles. The van der Waals surface area contributed by atoms with Crippen molar-refractivity contribution in [1.29, 1.82) is 0 Å². The SMILES string of the molecule is CC1=C2C[C@H]3[C@@H](CC[C@@H]4CC(=O)NCC[C@@]43C)[C@@H]2CC[C@@]2(C1)O[C@@H]1C[C@H](C)CCC1[C@H]2C. The van der Waals surface area contributed by atoms with Crippen LogP contribution in [0.25, 0.3) is 0 Å². The van der Waals surface area contributed by atoms with Crippen molar-refractivity contribution in [2.45, 2.75) is 110 Å². The minimum Gasteiger partial charge on any atom is -0.371 e. The van der Waals surface area contributed by atoms with E-state index in [-0.39, 0.29) is 5.60 Å². The number of ether oxygens (including phenoxy) is 1. The molecule has 2 heterocycles. The van der Waals surface area contributed by atoms with Crippen molar-refractivity contribution in [3.05, 3.63) is 11.1 Å². The smallest absolute Gasteiger partial charge is 0.220 e. The molecule has 178 valence electrons. The van der Waals surface area contributed by atoms with Gasteiger partial charge in [-0.05, 0) is 112 Å². The molecule has 2 saturated heterocycles. The van der Waals surface area contributed by atoms with Gasteiger partial charge < -0.3 is 10.1 Å². The summed E-state index contributed by atoms with van der Waals surface area (Å²) in [4.78, 5) is 12.3. The minimum absolute atomic E-state index is 0.107. The molecule has 0 aromatic heterocycles. The van der Waals surface area contributed by atoms with Crippen molar-refractivity contribution in [2.75, 3.05) is 6.54 Å². The molecule has 1 unspecified atom stereocenters. The van der Waals surface area contributed by atoms with Gasteiger partial charge in [-0.2, -0.15) is 0 Å². The Hall–Kier alpha value is -0.830. The van der Waals surface area contributed by atoms with E-state index in [9.17, 15) is 4.79 Å². The van der Waals surface area contributed by atoms with Crippen molar-refractivity contribution >= 4 is 5.91 Å². The van der Waals surface area contributed by atoms with Crippen LogP contribution in [0.1, 0.15) is 98.3 Å². The van der Waals surface area contributed by atoms with Gasteiger partial charge in [-0.3, -0.25) is 4.79 Å². The molecule has 5 fully saturated rings. The summed E-state index contributed by atoms with van der Waals surface area (Å²) in [6.07, 6.45) is 14.2. The van der Waals surface area contributed by atoms with Crippen LogP contribution in [0.15, 0.2) is 11.1 Å². The molecule has 0 bridgehead atoms. The zero-order valence-corrected chi connectivity index (χ0v) is 20.9. The number of amides is 1. The standard InChI is InChI=1S/C29H45NO2/c1-17-5-7-21-19(3)29(32-26(21)13-17)10-9-22-23-8-6-20-14-27(31)30-12-11-28(20,4)25(23)15-24(22)18(2)16-29/h17,19-23,25-26H,5-16H2,1-4H3,(H,30,31)/t17-,19-,20-,21?,22+,23+,25+,26-,28+,29+/m1/s1. The van der Waals surface area contributed by atoms with Crippen LogP contribution in [0.4, 0.5) is 0 Å². The second-order valence-electron chi connectivity index (χ2n) is 13.3. The lowest BCUT2D eigenvalue weighted by Gasteiger charge is -2.49. The van der Waals surface area contributed by atoms with Crippen LogP contribution in [-0.2, 0) is 9.53 Å². The van der Waals surface area contributed by atoms with Gasteiger partial charge in [-0.25, -0.2) is 0 Å². The first-order valence-electron chi connectivity index (χ1n) is 13.9. The number of carbonyl (C=O) groups excluding carboxylic acids is 1. The Labute approximate surface area is 195 Å². The predicted molar refractivity (Wildman–Crippen MR) is 128 cm³/mol. The van der Waals surface area contributed by atoms with E-state index in [1.165, 1.54) is 64.2 Å². The Balaban J connectivity index is 1.28. The molecule has 0 aromatic rings. The monoisotopic (exact) mass is 439 g/mol. The van der Waals surface area contributed by atoms with Crippen LogP contribution < -0.4 is 5.32 Å². The van der Waals surface area contributed by atoms with Gasteiger partial charge in [0.1, 0.15) is 0 Å². The third-order valence-corrected chi connectivity index (χ3v) is 11.9. The topological polar surface area (TPSA) is 38.3 Å². The highest BCUT2D eigenvalue weighted by Crippen LogP contribution is 2.64. The van der Waals surface area contributed by atoms with Gasteiger partial charge in [0.05, 0.1) is 11.7 Å². The van der Waals surface area contributed by atoms with E-state index >= 15 is 0 Å². The van der Waals surface area contributed by atoms with Crippen LogP contribution in [0.5, 0.6) is 0 Å². The lowest BCUT2D eigenvalue weighted by Crippen LogP contribution is -2.43. The summed E-state index contributed by atoms with van der Waals surface area (Å²) in [6.45, 7) is 10.8. The molecule has 6 aliphatic rings. The zero-order chi connectivity index (χ0) is 22.3. The number of fused-ring (bicyclic) bond motifs is 6. The van der Waals surface area contributed by atoms with Gasteiger partial charge in [0.25, 0.3) is 0 Å². The Bertz CT molecular complexity index is 818. The molecule has 2 aliphatic heterocycles. The Kier molecular flexibility index (Phi) is 5.14. The summed E-state index contributed by atoms with van der Waals surface area (Å²) in [6, 6.07) is 0. The van der Waals surface area contributed by atoms with Crippen molar-refractivity contribution in [3.8, 4) is 0 Å². The van der Waals surface area contributed by atoms with E-state index in [2.05, 4.69) is 33.0 Å². The maximum Gasteiger partial charge on any atom is 0.220 e. The van der Waals surface area contributed by atoms with Gasteiger partial charge >= 0.3 is 0 Å². The molecule has 6 rings (SSSR count). The van der Waals surface area contributed by atoms with E-state index < -0.39 is 0 Å². The lowest BCUT2D eigenvalue weighted by molar-refractivity contribution is -0.122. The molecular formula is C29H45NO2. The molecule has 0 radical (unpaired) electrons. The highest BCUT2D eigenvalue weighted by molar-refractivity contribution is 5.76. The molecule has 3 saturated carbocycles. The summed E-state index contributed by atoms with van der Waals surface area (Å²) in [5, 5.41) is 3.19. The number of allylic oxidation sites excluding steroid dienone is 1. The van der Waals surface area contributed by atoms with Crippen molar-refractivity contribution < 1.29 is 9.53 Å². The van der Waals surface area contributed by atoms with Crippen LogP contribution in [0, 0.1) is 46.8 Å². The van der Waals surface area contributed by atoms with Crippen LogP contribution in [0.2, 0.25) is 0 Å². The maximum atomic E-state index is 12.3. The highest BCUT2D eigenvalue weighted by Gasteiger charge is 2.58. The largest absolute Gasteiger partial charge is 0.371 e. The quantitative estimate of drug-likeness (QED) is 0.451. The van der Waals surface area contributed by atoms with E-state index in [1.807, 2.05) is 5.57 Å². The fourth-order valence-electron chi connectivity index (χ4n) is 10.00. The maximum absolute atomic E-state index is 12.3. The van der Waals surface area contributed by atoms with Crippen molar-refractivity contribution in [1.82, 2.24) is 5.32 Å². The number of hydrogen-bond acceptors (Lipinski definition) is 2. The number of nitrogens with one attached hydrogen (secondary N) is 1. The van der Waals surface area contributed by atoms with E-state index in [0.29, 0.717) is 29.3 Å². The van der Waals surface area contributed by atoms with E-state index in [4.69, 9.17) is 4.74 Å². The van der Waals surface area contributed by atoms with Gasteiger partial charge in [-0.15, -0.1) is 0 Å². The number of hydrogen-bond donors (Lipinski definition) is 1. The van der Waals surface area contributed by atoms with Gasteiger partial charge in [0, 0.05) is 13.0 Å². The first-order valence-corrected chi connectivity index (χ1v) is 13.9. The van der Waals surface area contributed by atoms with Crippen LogP contribution in [-0.4, -0.2) is 24.2 Å². The molecule has 1 amide bonds. The average Bonchev–Trinajstić information content (AvgIpc) is 3.14. The number of carbonyl (C=O) groups is 1. The van der Waals surface area contributed by atoms with Crippen molar-refractivity contribution in [2.24, 2.45) is 46.8 Å². The van der Waals surface area contributed by atoms with E-state index in [0.717, 1.165) is 42.6 Å². The lowest BCUT2D eigenvalue weighted by atomic mass is 9.55. The third-order valence-electron chi connectivity index (χ3n) is 11.9. The zero-order valence-electron chi connectivity index (χ0n) is 20.9. The second kappa shape index (κ2) is 7.59. The molecule has 4 aliphatic carbocycles. The molecule has 3 nitrogen and oxygen atoms in total. The van der Waals surface area contributed by atoms with Gasteiger partial charge in [0.2, 0.25) is 5.91 Å². The van der Waals surface area contributed by atoms with Gasteiger partial charge in [0.15, 0.2) is 0 Å². The third kappa shape index (κ3) is 3.12. The normalized spacial score (nSPS) is 53.1. The fourth-order valence-corrected chi connectivity index (χ4v) is 10.00. The molecule has 3 heteroatoms. The summed E-state index contributed by atoms with van der Waals surface area (Å²) in [5.74, 6) is 5.61. The molecular weight excluding hydrogens is 394 g/mol. The average molecular weight is 440 g/mol. The van der Waals surface area contributed by atoms with Gasteiger partial charge in [-0.1, -0.05) is 38.3 Å². The first kappa shape index (κ1) is 21.7. The minimum atomic E-state index is 0.107. The van der Waals surface area contributed by atoms with Crippen LogP contribution >= 0.6 is 0 Å². The van der Waals surface area contributed by atoms with E-state index in [1.54, 1.807) is 5.57 Å². The predicted octanol–water partition coefficient (Wildman–Crippen LogP) is 6.28. The summed E-state index contributed by atoms with van der Waals surface area (Å²) in [7, 11) is 0. The number of rotatable bonds is 0. The molecule has 1 spiro atoms. The molecule has 1 N–H and O–H groups in total. The highest BCUT2D eigenvalue weighted by atomic mass is 16.5. The molecule has 10 atom stereocenters.